The summed E-state index contributed by atoms with van der Waals surface area (Å²) >= 11 is 11.8. The molecular formula is C17H17Cl2NO2. The van der Waals surface area contributed by atoms with E-state index in [0.29, 0.717) is 15.8 Å². The average molecular weight is 338 g/mol. The van der Waals surface area contributed by atoms with Crippen molar-refractivity contribution in [3.63, 3.8) is 0 Å². The van der Waals surface area contributed by atoms with Crippen LogP contribution in [0, 0.1) is 0 Å². The molecule has 0 saturated carbocycles. The largest absolute Gasteiger partial charge is 0.481 e. The normalized spacial score (nSPS) is 13.3. The van der Waals surface area contributed by atoms with Crippen molar-refractivity contribution in [3.8, 4) is 5.75 Å². The molecule has 0 saturated heterocycles. The van der Waals surface area contributed by atoms with Crippen molar-refractivity contribution in [2.75, 3.05) is 0 Å². The van der Waals surface area contributed by atoms with Gasteiger partial charge in [0.1, 0.15) is 5.75 Å². The maximum atomic E-state index is 12.2. The quantitative estimate of drug-likeness (QED) is 0.863. The van der Waals surface area contributed by atoms with Crippen molar-refractivity contribution in [2.45, 2.75) is 26.0 Å². The molecule has 0 fully saturated rings. The van der Waals surface area contributed by atoms with Gasteiger partial charge in [-0.2, -0.15) is 0 Å². The third-order valence-corrected chi connectivity index (χ3v) is 3.69. The van der Waals surface area contributed by atoms with Crippen LogP contribution in [-0.2, 0) is 4.79 Å². The van der Waals surface area contributed by atoms with Crippen LogP contribution in [0.1, 0.15) is 25.5 Å². The summed E-state index contributed by atoms with van der Waals surface area (Å²) in [6.07, 6.45) is -0.609. The molecule has 1 amide bonds. The predicted octanol–water partition coefficient (Wildman–Crippen LogP) is 4.64. The minimum absolute atomic E-state index is 0.150. The van der Waals surface area contributed by atoms with Gasteiger partial charge in [0.15, 0.2) is 6.10 Å². The van der Waals surface area contributed by atoms with Gasteiger partial charge < -0.3 is 10.1 Å². The standard InChI is InChI=1S/C17H17Cl2NO2/c1-11(13-4-3-5-15(19)10-13)20-17(21)12(2)22-16-8-6-14(18)7-9-16/h3-12H,1-2H3,(H,20,21). The fourth-order valence-electron chi connectivity index (χ4n) is 1.96. The Kier molecular flexibility index (Phi) is 5.69. The monoisotopic (exact) mass is 337 g/mol. The summed E-state index contributed by atoms with van der Waals surface area (Å²) in [6.45, 7) is 3.60. The lowest BCUT2D eigenvalue weighted by Gasteiger charge is -2.19. The van der Waals surface area contributed by atoms with E-state index in [1.807, 2.05) is 25.1 Å². The Hall–Kier alpha value is -1.71. The number of hydrogen-bond acceptors (Lipinski definition) is 2. The van der Waals surface area contributed by atoms with Crippen LogP contribution >= 0.6 is 23.2 Å². The molecule has 0 bridgehead atoms. The topological polar surface area (TPSA) is 38.3 Å². The smallest absolute Gasteiger partial charge is 0.261 e. The average Bonchev–Trinajstić information content (AvgIpc) is 2.49. The van der Waals surface area contributed by atoms with Gasteiger partial charge in [-0.3, -0.25) is 4.79 Å². The van der Waals surface area contributed by atoms with Crippen LogP contribution in [0.4, 0.5) is 0 Å². The molecule has 1 N–H and O–H groups in total. The van der Waals surface area contributed by atoms with Crippen molar-refractivity contribution < 1.29 is 9.53 Å². The van der Waals surface area contributed by atoms with E-state index in [1.54, 1.807) is 37.3 Å². The van der Waals surface area contributed by atoms with E-state index in [9.17, 15) is 4.79 Å². The van der Waals surface area contributed by atoms with Gasteiger partial charge in [0.25, 0.3) is 5.91 Å². The molecule has 0 aliphatic heterocycles. The zero-order chi connectivity index (χ0) is 16.1. The number of ether oxygens (including phenoxy) is 1. The SMILES string of the molecule is CC(Oc1ccc(Cl)cc1)C(=O)NC(C)c1cccc(Cl)c1. The van der Waals surface area contributed by atoms with E-state index in [-0.39, 0.29) is 11.9 Å². The van der Waals surface area contributed by atoms with E-state index in [2.05, 4.69) is 5.32 Å². The molecule has 0 aliphatic rings. The maximum absolute atomic E-state index is 12.2. The molecule has 3 nitrogen and oxygen atoms in total. The summed E-state index contributed by atoms with van der Waals surface area (Å²) in [5.41, 5.74) is 0.944. The Bertz CT molecular complexity index is 643. The highest BCUT2D eigenvalue weighted by Crippen LogP contribution is 2.19. The summed E-state index contributed by atoms with van der Waals surface area (Å²) < 4.78 is 5.59. The molecule has 22 heavy (non-hydrogen) atoms. The van der Waals surface area contributed by atoms with Gasteiger partial charge in [-0.05, 0) is 55.8 Å². The van der Waals surface area contributed by atoms with Gasteiger partial charge in [0, 0.05) is 10.0 Å². The third-order valence-electron chi connectivity index (χ3n) is 3.20. The minimum Gasteiger partial charge on any atom is -0.481 e. The van der Waals surface area contributed by atoms with Crippen LogP contribution in [0.25, 0.3) is 0 Å². The van der Waals surface area contributed by atoms with Gasteiger partial charge in [0.2, 0.25) is 0 Å². The molecule has 116 valence electrons. The number of carbonyl (C=O) groups excluding carboxylic acids is 1. The van der Waals surface area contributed by atoms with Crippen LogP contribution in [0.3, 0.4) is 0 Å². The van der Waals surface area contributed by atoms with Crippen molar-refractivity contribution in [2.24, 2.45) is 0 Å². The van der Waals surface area contributed by atoms with Crippen LogP contribution in [0.5, 0.6) is 5.75 Å². The van der Waals surface area contributed by atoms with Crippen LogP contribution < -0.4 is 10.1 Å². The number of carbonyl (C=O) groups is 1. The summed E-state index contributed by atoms with van der Waals surface area (Å²) in [5, 5.41) is 4.17. The molecule has 2 aromatic carbocycles. The van der Waals surface area contributed by atoms with Crippen molar-refractivity contribution in [1.82, 2.24) is 5.32 Å². The lowest BCUT2D eigenvalue weighted by molar-refractivity contribution is -0.127. The Morgan fingerprint density at radius 2 is 1.73 bits per heavy atom. The highest BCUT2D eigenvalue weighted by Gasteiger charge is 2.17. The third kappa shape index (κ3) is 4.65. The highest BCUT2D eigenvalue weighted by molar-refractivity contribution is 6.30. The second-order valence-corrected chi connectivity index (χ2v) is 5.87. The van der Waals surface area contributed by atoms with E-state index >= 15 is 0 Å². The zero-order valence-corrected chi connectivity index (χ0v) is 13.9. The van der Waals surface area contributed by atoms with Crippen molar-refractivity contribution in [3.05, 3.63) is 64.1 Å². The number of nitrogens with one attached hydrogen (secondary N) is 1. The first-order valence-electron chi connectivity index (χ1n) is 6.94. The van der Waals surface area contributed by atoms with Crippen molar-refractivity contribution >= 4 is 29.1 Å². The van der Waals surface area contributed by atoms with Crippen molar-refractivity contribution in [1.29, 1.82) is 0 Å². The summed E-state index contributed by atoms with van der Waals surface area (Å²) in [7, 11) is 0. The van der Waals surface area contributed by atoms with Crippen LogP contribution in [0.15, 0.2) is 48.5 Å². The predicted molar refractivity (Wildman–Crippen MR) is 89.6 cm³/mol. The molecule has 0 heterocycles. The number of rotatable bonds is 5. The van der Waals surface area contributed by atoms with Gasteiger partial charge in [0.05, 0.1) is 6.04 Å². The first kappa shape index (κ1) is 16.7. The molecule has 2 atom stereocenters. The molecule has 2 unspecified atom stereocenters. The Balaban J connectivity index is 1.94. The number of benzene rings is 2. The number of amides is 1. The van der Waals surface area contributed by atoms with Gasteiger partial charge in [-0.1, -0.05) is 35.3 Å². The summed E-state index contributed by atoms with van der Waals surface area (Å²) in [4.78, 5) is 12.2. The molecule has 2 aromatic rings. The first-order valence-corrected chi connectivity index (χ1v) is 7.69. The highest BCUT2D eigenvalue weighted by atomic mass is 35.5. The second kappa shape index (κ2) is 7.52. The lowest BCUT2D eigenvalue weighted by Crippen LogP contribution is -2.37. The van der Waals surface area contributed by atoms with E-state index < -0.39 is 6.10 Å². The summed E-state index contributed by atoms with van der Waals surface area (Å²) in [5.74, 6) is 0.407. The molecule has 5 heteroatoms. The fraction of sp³-hybridized carbons (Fsp3) is 0.235. The molecule has 0 aliphatic carbocycles. The minimum atomic E-state index is -0.609. The van der Waals surface area contributed by atoms with Gasteiger partial charge >= 0.3 is 0 Å². The molecule has 0 aromatic heterocycles. The number of halogens is 2. The van der Waals surface area contributed by atoms with E-state index in [4.69, 9.17) is 27.9 Å². The molecular weight excluding hydrogens is 321 g/mol. The lowest BCUT2D eigenvalue weighted by atomic mass is 10.1. The Morgan fingerprint density at radius 3 is 2.36 bits per heavy atom. The second-order valence-electron chi connectivity index (χ2n) is 5.00. The molecule has 2 rings (SSSR count). The Morgan fingerprint density at radius 1 is 1.05 bits per heavy atom. The van der Waals surface area contributed by atoms with E-state index in [0.717, 1.165) is 5.56 Å². The maximum Gasteiger partial charge on any atom is 0.261 e. The molecule has 0 radical (unpaired) electrons. The van der Waals surface area contributed by atoms with E-state index in [1.165, 1.54) is 0 Å². The van der Waals surface area contributed by atoms with Gasteiger partial charge in [-0.25, -0.2) is 0 Å². The van der Waals surface area contributed by atoms with Crippen LogP contribution in [-0.4, -0.2) is 12.0 Å². The number of hydrogen-bond donors (Lipinski definition) is 1. The Labute approximate surface area is 140 Å². The fourth-order valence-corrected chi connectivity index (χ4v) is 2.29. The zero-order valence-electron chi connectivity index (χ0n) is 12.3. The first-order chi connectivity index (χ1) is 10.5. The molecule has 0 spiro atoms. The van der Waals surface area contributed by atoms with Gasteiger partial charge in [-0.15, -0.1) is 0 Å². The summed E-state index contributed by atoms with van der Waals surface area (Å²) in [6, 6.07) is 14.1. The van der Waals surface area contributed by atoms with Crippen LogP contribution in [0.2, 0.25) is 10.0 Å².